The van der Waals surface area contributed by atoms with Gasteiger partial charge in [-0.3, -0.25) is 24.3 Å². The third-order valence-corrected chi connectivity index (χ3v) is 4.40. The van der Waals surface area contributed by atoms with E-state index in [2.05, 4.69) is 10.3 Å². The number of anilines is 1. The van der Waals surface area contributed by atoms with E-state index in [1.807, 2.05) is 0 Å². The average Bonchev–Trinajstić information content (AvgIpc) is 2.58. The normalized spacial score (nSPS) is 22.0. The second kappa shape index (κ2) is 5.22. The SMILES string of the molecule is BC1(n2c(C)nc3cccc(N)c3c2=O)CCCC(=O)NC1=O. The van der Waals surface area contributed by atoms with E-state index in [0.717, 1.165) is 0 Å². The van der Waals surface area contributed by atoms with Crippen LogP contribution in [0.5, 0.6) is 0 Å². The summed E-state index contributed by atoms with van der Waals surface area (Å²) in [6.45, 7) is 1.68. The Labute approximate surface area is 133 Å². The number of nitrogens with one attached hydrogen (secondary N) is 1. The summed E-state index contributed by atoms with van der Waals surface area (Å²) in [6, 6.07) is 5.07. The van der Waals surface area contributed by atoms with E-state index in [-0.39, 0.29) is 17.9 Å². The first-order valence-corrected chi connectivity index (χ1v) is 7.47. The largest absolute Gasteiger partial charge is 0.398 e. The molecule has 1 aliphatic heterocycles. The predicted molar refractivity (Wildman–Crippen MR) is 88.7 cm³/mol. The van der Waals surface area contributed by atoms with Crippen LogP contribution in [0.1, 0.15) is 25.1 Å². The number of imide groups is 1. The van der Waals surface area contributed by atoms with Gasteiger partial charge in [-0.25, -0.2) is 4.98 Å². The van der Waals surface area contributed by atoms with E-state index in [4.69, 9.17) is 5.73 Å². The molecule has 1 atom stereocenters. The van der Waals surface area contributed by atoms with Gasteiger partial charge < -0.3 is 5.73 Å². The zero-order valence-corrected chi connectivity index (χ0v) is 13.0. The van der Waals surface area contributed by atoms with Gasteiger partial charge in [-0.05, 0) is 31.9 Å². The lowest BCUT2D eigenvalue weighted by Gasteiger charge is -2.30. The highest BCUT2D eigenvalue weighted by atomic mass is 16.2. The Hall–Kier alpha value is -2.64. The molecule has 0 aliphatic carbocycles. The number of amides is 2. The van der Waals surface area contributed by atoms with E-state index in [1.165, 1.54) is 4.57 Å². The van der Waals surface area contributed by atoms with Gasteiger partial charge in [-0.15, -0.1) is 0 Å². The summed E-state index contributed by atoms with van der Waals surface area (Å²) < 4.78 is 1.36. The molecule has 0 spiro atoms. The summed E-state index contributed by atoms with van der Waals surface area (Å²) in [7, 11) is 1.65. The van der Waals surface area contributed by atoms with Gasteiger partial charge in [0.05, 0.1) is 16.3 Å². The number of nitrogens with zero attached hydrogens (tertiary/aromatic N) is 2. The Kier molecular flexibility index (Phi) is 3.47. The van der Waals surface area contributed by atoms with Gasteiger partial charge in [0.25, 0.3) is 5.56 Å². The number of nitrogen functional groups attached to an aromatic ring is 1. The Bertz CT molecular complexity index is 892. The smallest absolute Gasteiger partial charge is 0.263 e. The van der Waals surface area contributed by atoms with Crippen molar-refractivity contribution in [3.05, 3.63) is 34.4 Å². The second-order valence-electron chi connectivity index (χ2n) is 6.05. The minimum absolute atomic E-state index is 0.262. The molecule has 2 aromatic rings. The van der Waals surface area contributed by atoms with E-state index in [0.29, 0.717) is 35.3 Å². The number of nitrogens with two attached hydrogens (primary N) is 1. The van der Waals surface area contributed by atoms with Gasteiger partial charge in [-0.2, -0.15) is 0 Å². The van der Waals surface area contributed by atoms with Crippen LogP contribution in [0, 0.1) is 6.92 Å². The zero-order valence-electron chi connectivity index (χ0n) is 13.0. The fourth-order valence-corrected chi connectivity index (χ4v) is 3.19. The number of carbonyl (C=O) groups is 2. The molecule has 1 aromatic heterocycles. The number of carbonyl (C=O) groups excluding carboxylic acids is 2. The van der Waals surface area contributed by atoms with Crippen molar-refractivity contribution in [2.24, 2.45) is 0 Å². The molecule has 2 heterocycles. The molecule has 3 N–H and O–H groups in total. The molecule has 1 fully saturated rings. The molecule has 7 nitrogen and oxygen atoms in total. The summed E-state index contributed by atoms with van der Waals surface area (Å²) in [5, 5.41) is 2.65. The van der Waals surface area contributed by atoms with Crippen LogP contribution in [0.4, 0.5) is 5.69 Å². The van der Waals surface area contributed by atoms with Gasteiger partial charge >= 0.3 is 0 Å². The van der Waals surface area contributed by atoms with Gasteiger partial charge in [0, 0.05) is 12.1 Å². The number of benzene rings is 1. The monoisotopic (exact) mass is 312 g/mol. The Morgan fingerprint density at radius 2 is 2.09 bits per heavy atom. The lowest BCUT2D eigenvalue weighted by molar-refractivity contribution is -0.132. The number of hydrogen-bond donors (Lipinski definition) is 2. The fraction of sp³-hybridized carbons (Fsp3) is 0.333. The molecule has 0 bridgehead atoms. The van der Waals surface area contributed by atoms with Crippen molar-refractivity contribution in [1.29, 1.82) is 0 Å². The van der Waals surface area contributed by atoms with Crippen molar-refractivity contribution >= 4 is 36.3 Å². The predicted octanol–water partition coefficient (Wildman–Crippen LogP) is -0.600. The van der Waals surface area contributed by atoms with Crippen molar-refractivity contribution in [2.75, 3.05) is 5.73 Å². The quantitative estimate of drug-likeness (QED) is 0.415. The van der Waals surface area contributed by atoms with Crippen LogP contribution in [-0.4, -0.2) is 29.2 Å². The van der Waals surface area contributed by atoms with E-state index < -0.39 is 11.3 Å². The number of fused-ring (bicyclic) bond motifs is 1. The van der Waals surface area contributed by atoms with Crippen LogP contribution < -0.4 is 16.6 Å². The molecule has 1 aromatic carbocycles. The number of rotatable bonds is 1. The maximum absolute atomic E-state index is 13.0. The number of aryl methyl sites for hydroxylation is 1. The average molecular weight is 312 g/mol. The Morgan fingerprint density at radius 3 is 2.83 bits per heavy atom. The van der Waals surface area contributed by atoms with E-state index in [1.54, 1.807) is 33.0 Å². The third kappa shape index (κ3) is 2.30. The molecule has 3 rings (SSSR count). The zero-order chi connectivity index (χ0) is 16.8. The van der Waals surface area contributed by atoms with Crippen molar-refractivity contribution in [3.8, 4) is 0 Å². The summed E-state index contributed by atoms with van der Waals surface area (Å²) in [6.07, 6.45) is 1.16. The molecule has 1 unspecified atom stereocenters. The standard InChI is InChI=1S/C15H17BN4O3/c1-8-18-10-5-2-4-9(17)12(10)13(22)20(8)15(16)7-3-6-11(21)19-14(15)23/h2,4-5H,3,6-7,16-17H2,1H3,(H,19,21,23). The summed E-state index contributed by atoms with van der Waals surface area (Å²) >= 11 is 0. The highest BCUT2D eigenvalue weighted by molar-refractivity contribution is 6.28. The highest BCUT2D eigenvalue weighted by Crippen LogP contribution is 2.25. The molecule has 8 heteroatoms. The van der Waals surface area contributed by atoms with Crippen molar-refractivity contribution < 1.29 is 9.59 Å². The number of hydrogen-bond acceptors (Lipinski definition) is 5. The summed E-state index contributed by atoms with van der Waals surface area (Å²) in [4.78, 5) is 41.5. The maximum Gasteiger partial charge on any atom is 0.263 e. The molecular formula is C15H17BN4O3. The van der Waals surface area contributed by atoms with Crippen LogP contribution >= 0.6 is 0 Å². The molecule has 1 aliphatic rings. The van der Waals surface area contributed by atoms with E-state index >= 15 is 0 Å². The summed E-state index contributed by atoms with van der Waals surface area (Å²) in [5.74, 6) is -0.390. The van der Waals surface area contributed by atoms with Gasteiger partial charge in [-0.1, -0.05) is 6.07 Å². The van der Waals surface area contributed by atoms with Crippen LogP contribution in [0.25, 0.3) is 10.9 Å². The lowest BCUT2D eigenvalue weighted by atomic mass is 9.73. The molecule has 1 saturated heterocycles. The highest BCUT2D eigenvalue weighted by Gasteiger charge is 2.40. The van der Waals surface area contributed by atoms with Gasteiger partial charge in [0.1, 0.15) is 13.7 Å². The van der Waals surface area contributed by atoms with Crippen molar-refractivity contribution in [3.63, 3.8) is 0 Å². The van der Waals surface area contributed by atoms with Crippen LogP contribution in [0.15, 0.2) is 23.0 Å². The molecule has 0 radical (unpaired) electrons. The maximum atomic E-state index is 13.0. The van der Waals surface area contributed by atoms with Crippen LogP contribution in [0.3, 0.4) is 0 Å². The van der Waals surface area contributed by atoms with E-state index in [9.17, 15) is 14.4 Å². The first-order chi connectivity index (χ1) is 10.8. The minimum Gasteiger partial charge on any atom is -0.398 e. The van der Waals surface area contributed by atoms with Crippen LogP contribution in [-0.2, 0) is 15.0 Å². The minimum atomic E-state index is -1.17. The first-order valence-electron chi connectivity index (χ1n) is 7.47. The molecular weight excluding hydrogens is 295 g/mol. The third-order valence-electron chi connectivity index (χ3n) is 4.40. The fourth-order valence-electron chi connectivity index (χ4n) is 3.19. The van der Waals surface area contributed by atoms with Gasteiger partial charge in [0.2, 0.25) is 11.8 Å². The van der Waals surface area contributed by atoms with Gasteiger partial charge in [0.15, 0.2) is 0 Å². The lowest BCUT2D eigenvalue weighted by Crippen LogP contribution is -2.54. The second-order valence-corrected chi connectivity index (χ2v) is 6.05. The Morgan fingerprint density at radius 1 is 1.35 bits per heavy atom. The molecule has 118 valence electrons. The number of aromatic nitrogens is 2. The molecule has 0 saturated carbocycles. The van der Waals surface area contributed by atoms with Crippen molar-refractivity contribution in [2.45, 2.75) is 31.6 Å². The Balaban J connectivity index is 2.31. The van der Waals surface area contributed by atoms with Crippen molar-refractivity contribution in [1.82, 2.24) is 14.9 Å². The van der Waals surface area contributed by atoms with Crippen LogP contribution in [0.2, 0.25) is 0 Å². The molecule has 2 amide bonds. The molecule has 23 heavy (non-hydrogen) atoms. The topological polar surface area (TPSA) is 107 Å². The summed E-state index contributed by atoms with van der Waals surface area (Å²) in [5.41, 5.74) is 5.21. The first kappa shape index (κ1) is 15.3.